The molecule has 0 spiro atoms. The Morgan fingerprint density at radius 1 is 1.70 bits per heavy atom. The molecule has 0 unspecified atom stereocenters. The summed E-state index contributed by atoms with van der Waals surface area (Å²) >= 11 is 0. The SMILES string of the molecule is C[C@@]1(O)C[C@H]2C[C@@H]1CC2=O. The lowest BCUT2D eigenvalue weighted by molar-refractivity contribution is -0.125. The van der Waals surface area contributed by atoms with Crippen molar-refractivity contribution in [2.24, 2.45) is 11.8 Å². The minimum Gasteiger partial charge on any atom is -0.390 e. The van der Waals surface area contributed by atoms with E-state index in [1.165, 1.54) is 0 Å². The number of hydrogen-bond donors (Lipinski definition) is 1. The Labute approximate surface area is 60.2 Å². The van der Waals surface area contributed by atoms with Crippen LogP contribution in [0, 0.1) is 11.8 Å². The first kappa shape index (κ1) is 6.35. The first-order valence-electron chi connectivity index (χ1n) is 3.85. The molecule has 0 amide bonds. The lowest BCUT2D eigenvalue weighted by atomic mass is 9.85. The molecule has 0 saturated heterocycles. The van der Waals surface area contributed by atoms with E-state index in [0.29, 0.717) is 18.6 Å². The van der Waals surface area contributed by atoms with E-state index in [1.54, 1.807) is 0 Å². The maximum atomic E-state index is 11.0. The van der Waals surface area contributed by atoms with Gasteiger partial charge in [0.05, 0.1) is 5.60 Å². The van der Waals surface area contributed by atoms with Gasteiger partial charge in [0.15, 0.2) is 0 Å². The van der Waals surface area contributed by atoms with Gasteiger partial charge in [-0.3, -0.25) is 4.79 Å². The second-order valence-electron chi connectivity index (χ2n) is 3.86. The monoisotopic (exact) mass is 140 g/mol. The van der Waals surface area contributed by atoms with Gasteiger partial charge in [0.1, 0.15) is 5.78 Å². The van der Waals surface area contributed by atoms with E-state index in [4.69, 9.17) is 0 Å². The molecule has 0 aromatic rings. The van der Waals surface area contributed by atoms with E-state index in [0.717, 1.165) is 6.42 Å². The average Bonchev–Trinajstić information content (AvgIpc) is 2.21. The van der Waals surface area contributed by atoms with Crippen LogP contribution in [0.15, 0.2) is 0 Å². The third-order valence-electron chi connectivity index (χ3n) is 3.01. The van der Waals surface area contributed by atoms with Crippen LogP contribution in [0.5, 0.6) is 0 Å². The molecule has 2 heteroatoms. The molecule has 3 atom stereocenters. The number of carbonyl (C=O) groups is 1. The first-order chi connectivity index (χ1) is 4.59. The van der Waals surface area contributed by atoms with Gasteiger partial charge in [-0.15, -0.1) is 0 Å². The van der Waals surface area contributed by atoms with Gasteiger partial charge in [-0.25, -0.2) is 0 Å². The maximum Gasteiger partial charge on any atom is 0.136 e. The smallest absolute Gasteiger partial charge is 0.136 e. The highest BCUT2D eigenvalue weighted by Gasteiger charge is 2.51. The zero-order valence-electron chi connectivity index (χ0n) is 6.13. The van der Waals surface area contributed by atoms with Gasteiger partial charge in [0.25, 0.3) is 0 Å². The summed E-state index contributed by atoms with van der Waals surface area (Å²) in [5.41, 5.74) is -0.529. The molecule has 2 bridgehead atoms. The predicted octanol–water partition coefficient (Wildman–Crippen LogP) is 0.736. The van der Waals surface area contributed by atoms with Crippen LogP contribution in [0.2, 0.25) is 0 Å². The molecule has 2 aliphatic carbocycles. The Kier molecular flexibility index (Phi) is 1.03. The van der Waals surface area contributed by atoms with E-state index in [-0.39, 0.29) is 11.8 Å². The standard InChI is InChI=1S/C8H12O2/c1-8(10)4-5-2-6(8)3-7(5)9/h5-6,10H,2-4H2,1H3/t5-,6-,8-/m1/s1. The summed E-state index contributed by atoms with van der Waals surface area (Å²) in [7, 11) is 0. The number of fused-ring (bicyclic) bond motifs is 2. The van der Waals surface area contributed by atoms with Gasteiger partial charge in [-0.1, -0.05) is 0 Å². The molecule has 1 N–H and O–H groups in total. The van der Waals surface area contributed by atoms with E-state index in [1.807, 2.05) is 6.92 Å². The summed E-state index contributed by atoms with van der Waals surface area (Å²) in [6, 6.07) is 0. The van der Waals surface area contributed by atoms with Crippen molar-refractivity contribution >= 4 is 5.78 Å². The maximum absolute atomic E-state index is 11.0. The highest BCUT2D eigenvalue weighted by molar-refractivity contribution is 5.84. The molecule has 0 radical (unpaired) electrons. The summed E-state index contributed by atoms with van der Waals surface area (Å²) in [5, 5.41) is 9.65. The van der Waals surface area contributed by atoms with Crippen molar-refractivity contribution in [2.75, 3.05) is 0 Å². The summed E-state index contributed by atoms with van der Waals surface area (Å²) in [6.45, 7) is 1.85. The largest absolute Gasteiger partial charge is 0.390 e. The second-order valence-corrected chi connectivity index (χ2v) is 3.86. The van der Waals surface area contributed by atoms with Crippen LogP contribution < -0.4 is 0 Å². The Morgan fingerprint density at radius 3 is 2.70 bits per heavy atom. The zero-order chi connectivity index (χ0) is 7.35. The third kappa shape index (κ3) is 0.655. The highest BCUT2D eigenvalue weighted by Crippen LogP contribution is 2.48. The summed E-state index contributed by atoms with van der Waals surface area (Å²) in [5.74, 6) is 0.835. The average molecular weight is 140 g/mol. The Morgan fingerprint density at radius 2 is 2.40 bits per heavy atom. The topological polar surface area (TPSA) is 37.3 Å². The number of aliphatic hydroxyl groups is 1. The Balaban J connectivity index is 2.24. The van der Waals surface area contributed by atoms with Crippen molar-refractivity contribution in [2.45, 2.75) is 31.8 Å². The zero-order valence-corrected chi connectivity index (χ0v) is 6.13. The van der Waals surface area contributed by atoms with Crippen LogP contribution in [0.3, 0.4) is 0 Å². The lowest BCUT2D eigenvalue weighted by Gasteiger charge is -2.26. The van der Waals surface area contributed by atoms with Gasteiger partial charge in [0.2, 0.25) is 0 Å². The van der Waals surface area contributed by atoms with E-state index in [2.05, 4.69) is 0 Å². The van der Waals surface area contributed by atoms with Crippen LogP contribution >= 0.6 is 0 Å². The minimum absolute atomic E-state index is 0.194. The molecule has 2 saturated carbocycles. The van der Waals surface area contributed by atoms with Crippen LogP contribution in [0.1, 0.15) is 26.2 Å². The third-order valence-corrected chi connectivity index (χ3v) is 3.01. The summed E-state index contributed by atoms with van der Waals surface area (Å²) in [6.07, 6.45) is 2.26. The van der Waals surface area contributed by atoms with Crippen LogP contribution in [-0.2, 0) is 4.79 Å². The molecule has 0 heterocycles. The van der Waals surface area contributed by atoms with Crippen LogP contribution in [0.4, 0.5) is 0 Å². The van der Waals surface area contributed by atoms with Crippen LogP contribution in [-0.4, -0.2) is 16.5 Å². The van der Waals surface area contributed by atoms with E-state index >= 15 is 0 Å². The van der Waals surface area contributed by atoms with E-state index in [9.17, 15) is 9.90 Å². The molecular formula is C8H12O2. The number of carbonyl (C=O) groups excluding carboxylic acids is 1. The van der Waals surface area contributed by atoms with Gasteiger partial charge < -0.3 is 5.11 Å². The molecule has 56 valence electrons. The molecule has 2 nitrogen and oxygen atoms in total. The number of hydrogen-bond acceptors (Lipinski definition) is 2. The molecule has 2 rings (SSSR count). The number of Topliss-reactive ketones (excluding diaryl/α,β-unsaturated/α-hetero) is 1. The van der Waals surface area contributed by atoms with Crippen molar-refractivity contribution in [1.29, 1.82) is 0 Å². The molecule has 2 aliphatic rings. The first-order valence-corrected chi connectivity index (χ1v) is 3.85. The summed E-state index contributed by atoms with van der Waals surface area (Å²) in [4.78, 5) is 11.0. The predicted molar refractivity (Wildman–Crippen MR) is 36.5 cm³/mol. The van der Waals surface area contributed by atoms with Crippen molar-refractivity contribution in [3.05, 3.63) is 0 Å². The van der Waals surface area contributed by atoms with Gasteiger partial charge >= 0.3 is 0 Å². The van der Waals surface area contributed by atoms with Crippen LogP contribution in [0.25, 0.3) is 0 Å². The fourth-order valence-electron chi connectivity index (χ4n) is 2.30. The molecular weight excluding hydrogens is 128 g/mol. The van der Waals surface area contributed by atoms with Crippen molar-refractivity contribution < 1.29 is 9.90 Å². The van der Waals surface area contributed by atoms with Gasteiger partial charge in [-0.05, 0) is 25.7 Å². The quantitative estimate of drug-likeness (QED) is 0.538. The molecule has 0 aliphatic heterocycles. The molecule has 0 aromatic heterocycles. The fraction of sp³-hybridized carbons (Fsp3) is 0.875. The van der Waals surface area contributed by atoms with Gasteiger partial charge in [0, 0.05) is 12.3 Å². The minimum atomic E-state index is -0.529. The fourth-order valence-corrected chi connectivity index (χ4v) is 2.30. The molecule has 10 heavy (non-hydrogen) atoms. The van der Waals surface area contributed by atoms with Gasteiger partial charge in [-0.2, -0.15) is 0 Å². The Bertz CT molecular complexity index is 184. The highest BCUT2D eigenvalue weighted by atomic mass is 16.3. The number of rotatable bonds is 0. The molecule has 0 aromatic carbocycles. The molecule has 2 fully saturated rings. The second kappa shape index (κ2) is 1.62. The van der Waals surface area contributed by atoms with Crippen molar-refractivity contribution in [3.63, 3.8) is 0 Å². The van der Waals surface area contributed by atoms with Crippen molar-refractivity contribution in [3.8, 4) is 0 Å². The lowest BCUT2D eigenvalue weighted by Crippen LogP contribution is -2.33. The normalized spacial score (nSPS) is 52.4. The van der Waals surface area contributed by atoms with E-state index < -0.39 is 5.60 Å². The summed E-state index contributed by atoms with van der Waals surface area (Å²) < 4.78 is 0. The number of ketones is 1. The van der Waals surface area contributed by atoms with Crippen molar-refractivity contribution in [1.82, 2.24) is 0 Å². The Hall–Kier alpha value is -0.370.